The fourth-order valence-electron chi connectivity index (χ4n) is 2.10. The van der Waals surface area contributed by atoms with Crippen LogP contribution in [-0.4, -0.2) is 10.8 Å². The Morgan fingerprint density at radius 3 is 2.68 bits per heavy atom. The van der Waals surface area contributed by atoms with Crippen molar-refractivity contribution in [3.8, 4) is 0 Å². The summed E-state index contributed by atoms with van der Waals surface area (Å²) in [6, 6.07) is 9.45. The average molecular weight is 251 g/mol. The van der Waals surface area contributed by atoms with Gasteiger partial charge in [-0.1, -0.05) is 11.6 Å². The number of aryl methyl sites for hydroxylation is 2. The number of pyridine rings is 1. The number of nitrogens with zero attached hydrogens (tertiary/aromatic N) is 1. The Kier molecular flexibility index (Phi) is 2.67. The molecule has 0 spiro atoms. The summed E-state index contributed by atoms with van der Waals surface area (Å²) >= 11 is 0. The van der Waals surface area contributed by atoms with Crippen molar-refractivity contribution < 1.29 is 9.21 Å². The lowest BCUT2D eigenvalue weighted by Gasteiger charge is -1.97. The zero-order valence-electron chi connectivity index (χ0n) is 10.8. The summed E-state index contributed by atoms with van der Waals surface area (Å²) < 4.78 is 5.60. The molecule has 0 fully saturated rings. The predicted molar refractivity (Wildman–Crippen MR) is 73.4 cm³/mol. The highest BCUT2D eigenvalue weighted by molar-refractivity contribution is 6.08. The zero-order chi connectivity index (χ0) is 13.4. The van der Waals surface area contributed by atoms with Crippen LogP contribution in [0, 0.1) is 13.8 Å². The van der Waals surface area contributed by atoms with E-state index in [9.17, 15) is 4.79 Å². The molecule has 0 aliphatic rings. The number of ketones is 1. The van der Waals surface area contributed by atoms with Gasteiger partial charge in [-0.2, -0.15) is 0 Å². The first-order valence-corrected chi connectivity index (χ1v) is 6.10. The van der Waals surface area contributed by atoms with Crippen LogP contribution < -0.4 is 0 Å². The number of benzene rings is 1. The van der Waals surface area contributed by atoms with E-state index in [-0.39, 0.29) is 5.78 Å². The Labute approximate surface area is 110 Å². The third-order valence-corrected chi connectivity index (χ3v) is 3.03. The average Bonchev–Trinajstić information content (AvgIpc) is 2.80. The standard InChI is InChI=1S/C16H13NO2/c1-10-3-4-14-12(5-10)7-15(19-14)16(18)13-6-11(2)8-17-9-13/h3-9H,1-2H3. The van der Waals surface area contributed by atoms with Crippen LogP contribution in [-0.2, 0) is 0 Å². The first-order valence-electron chi connectivity index (χ1n) is 6.10. The van der Waals surface area contributed by atoms with Gasteiger partial charge in [0.25, 0.3) is 0 Å². The molecule has 1 aromatic carbocycles. The second kappa shape index (κ2) is 4.35. The molecule has 3 nitrogen and oxygen atoms in total. The highest BCUT2D eigenvalue weighted by Gasteiger charge is 2.15. The Morgan fingerprint density at radius 2 is 1.89 bits per heavy atom. The van der Waals surface area contributed by atoms with E-state index in [0.717, 1.165) is 22.1 Å². The van der Waals surface area contributed by atoms with Crippen LogP contribution in [0.15, 0.2) is 47.1 Å². The van der Waals surface area contributed by atoms with Crippen molar-refractivity contribution >= 4 is 16.8 Å². The van der Waals surface area contributed by atoms with Crippen molar-refractivity contribution in [2.24, 2.45) is 0 Å². The second-order valence-electron chi connectivity index (χ2n) is 4.73. The largest absolute Gasteiger partial charge is 0.453 e. The van der Waals surface area contributed by atoms with Gasteiger partial charge in [-0.15, -0.1) is 0 Å². The van der Waals surface area contributed by atoms with Gasteiger partial charge in [0.1, 0.15) is 5.58 Å². The highest BCUT2D eigenvalue weighted by atomic mass is 16.3. The Hall–Kier alpha value is -2.42. The van der Waals surface area contributed by atoms with Gasteiger partial charge in [0.15, 0.2) is 5.76 Å². The maximum atomic E-state index is 12.3. The van der Waals surface area contributed by atoms with Gasteiger partial charge in [-0.25, -0.2) is 0 Å². The summed E-state index contributed by atoms with van der Waals surface area (Å²) in [5.41, 5.74) is 3.38. The Morgan fingerprint density at radius 1 is 1.05 bits per heavy atom. The number of fused-ring (bicyclic) bond motifs is 1. The summed E-state index contributed by atoms with van der Waals surface area (Å²) in [5, 5.41) is 0.948. The molecule has 0 saturated carbocycles. The van der Waals surface area contributed by atoms with Crippen molar-refractivity contribution in [2.75, 3.05) is 0 Å². The van der Waals surface area contributed by atoms with Gasteiger partial charge in [0.05, 0.1) is 0 Å². The molecule has 0 aliphatic carbocycles. The second-order valence-corrected chi connectivity index (χ2v) is 4.73. The van der Waals surface area contributed by atoms with E-state index < -0.39 is 0 Å². The molecular weight excluding hydrogens is 238 g/mol. The predicted octanol–water partition coefficient (Wildman–Crippen LogP) is 3.68. The number of hydrogen-bond donors (Lipinski definition) is 0. The van der Waals surface area contributed by atoms with Crippen LogP contribution in [0.3, 0.4) is 0 Å². The molecule has 3 heteroatoms. The third kappa shape index (κ3) is 2.15. The summed E-state index contributed by atoms with van der Waals surface area (Å²) in [6.45, 7) is 3.92. The van der Waals surface area contributed by atoms with Crippen LogP contribution >= 0.6 is 0 Å². The van der Waals surface area contributed by atoms with E-state index in [4.69, 9.17) is 4.42 Å². The van der Waals surface area contributed by atoms with Crippen molar-refractivity contribution in [1.82, 2.24) is 4.98 Å². The molecular formula is C16H13NO2. The van der Waals surface area contributed by atoms with Crippen LogP contribution in [0.4, 0.5) is 0 Å². The molecule has 2 heterocycles. The maximum Gasteiger partial charge on any atom is 0.229 e. The van der Waals surface area contributed by atoms with Crippen molar-refractivity contribution in [1.29, 1.82) is 0 Å². The van der Waals surface area contributed by atoms with Gasteiger partial charge in [0.2, 0.25) is 5.78 Å². The van der Waals surface area contributed by atoms with Crippen molar-refractivity contribution in [3.05, 3.63) is 65.2 Å². The molecule has 3 aromatic rings. The van der Waals surface area contributed by atoms with Gasteiger partial charge < -0.3 is 4.42 Å². The lowest BCUT2D eigenvalue weighted by Crippen LogP contribution is -2.00. The van der Waals surface area contributed by atoms with E-state index >= 15 is 0 Å². The van der Waals surface area contributed by atoms with Gasteiger partial charge >= 0.3 is 0 Å². The molecule has 0 radical (unpaired) electrons. The molecule has 0 amide bonds. The summed E-state index contributed by atoms with van der Waals surface area (Å²) in [4.78, 5) is 16.4. The van der Waals surface area contributed by atoms with Crippen LogP contribution in [0.1, 0.15) is 27.2 Å². The van der Waals surface area contributed by atoms with E-state index in [1.54, 1.807) is 18.5 Å². The third-order valence-electron chi connectivity index (χ3n) is 3.03. The normalized spacial score (nSPS) is 10.8. The molecule has 3 rings (SSSR count). The molecule has 0 aliphatic heterocycles. The van der Waals surface area contributed by atoms with Crippen LogP contribution in [0.25, 0.3) is 11.0 Å². The fourth-order valence-corrected chi connectivity index (χ4v) is 2.10. The monoisotopic (exact) mass is 251 g/mol. The molecule has 19 heavy (non-hydrogen) atoms. The SMILES string of the molecule is Cc1cncc(C(=O)c2cc3cc(C)ccc3o2)c1. The molecule has 0 N–H and O–H groups in total. The van der Waals surface area contributed by atoms with Crippen LogP contribution in [0.5, 0.6) is 0 Å². The number of carbonyl (C=O) groups excluding carboxylic acids is 1. The molecule has 0 saturated heterocycles. The van der Waals surface area contributed by atoms with Gasteiger partial charge in [0, 0.05) is 23.3 Å². The van der Waals surface area contributed by atoms with E-state index in [1.807, 2.05) is 38.1 Å². The highest BCUT2D eigenvalue weighted by Crippen LogP contribution is 2.22. The number of rotatable bonds is 2. The van der Waals surface area contributed by atoms with E-state index in [0.29, 0.717) is 11.3 Å². The lowest BCUT2D eigenvalue weighted by atomic mass is 10.1. The van der Waals surface area contributed by atoms with Crippen molar-refractivity contribution in [2.45, 2.75) is 13.8 Å². The maximum absolute atomic E-state index is 12.3. The summed E-state index contributed by atoms with van der Waals surface area (Å²) in [7, 11) is 0. The summed E-state index contributed by atoms with van der Waals surface area (Å²) in [5.74, 6) is 0.220. The van der Waals surface area contributed by atoms with Gasteiger partial charge in [-0.05, 0) is 43.7 Å². The van der Waals surface area contributed by atoms with Crippen LogP contribution in [0.2, 0.25) is 0 Å². The number of carbonyl (C=O) groups is 1. The smallest absolute Gasteiger partial charge is 0.229 e. The van der Waals surface area contributed by atoms with Crippen molar-refractivity contribution in [3.63, 3.8) is 0 Å². The fraction of sp³-hybridized carbons (Fsp3) is 0.125. The molecule has 0 unspecified atom stereocenters. The van der Waals surface area contributed by atoms with E-state index in [2.05, 4.69) is 4.98 Å². The summed E-state index contributed by atoms with van der Waals surface area (Å²) in [6.07, 6.45) is 3.28. The number of hydrogen-bond acceptors (Lipinski definition) is 3. The number of aromatic nitrogens is 1. The molecule has 94 valence electrons. The topological polar surface area (TPSA) is 43.1 Å². The minimum atomic E-state index is -0.134. The minimum absolute atomic E-state index is 0.134. The quantitative estimate of drug-likeness (QED) is 0.652. The lowest BCUT2D eigenvalue weighted by molar-refractivity contribution is 0.101. The van der Waals surface area contributed by atoms with Gasteiger partial charge in [-0.3, -0.25) is 9.78 Å². The molecule has 0 bridgehead atoms. The minimum Gasteiger partial charge on any atom is -0.453 e. The first kappa shape index (κ1) is 11.7. The molecule has 2 aromatic heterocycles. The zero-order valence-corrected chi connectivity index (χ0v) is 10.8. The molecule has 0 atom stereocenters. The van der Waals surface area contributed by atoms with E-state index in [1.165, 1.54) is 0 Å². The Balaban J connectivity index is 2.06. The number of furan rings is 1. The first-order chi connectivity index (χ1) is 9.13. The Bertz CT molecular complexity index is 771.